The molecule has 2 saturated carbocycles. The first-order valence-corrected chi connectivity index (χ1v) is 11.2. The second kappa shape index (κ2) is 9.47. The summed E-state index contributed by atoms with van der Waals surface area (Å²) in [5, 5.41) is 0. The van der Waals surface area contributed by atoms with Crippen LogP contribution in [0.25, 0.3) is 0 Å². The van der Waals surface area contributed by atoms with E-state index in [0.29, 0.717) is 17.5 Å². The summed E-state index contributed by atoms with van der Waals surface area (Å²) in [6.45, 7) is 1.87. The Morgan fingerprint density at radius 1 is 0.719 bits per heavy atom. The van der Waals surface area contributed by atoms with Crippen molar-refractivity contribution in [3.8, 4) is 11.5 Å². The molecule has 0 heterocycles. The highest BCUT2D eigenvalue weighted by molar-refractivity contribution is 6.00. The summed E-state index contributed by atoms with van der Waals surface area (Å²) in [5.74, 6) is -1.45. The zero-order chi connectivity index (χ0) is 22.7. The summed E-state index contributed by atoms with van der Waals surface area (Å²) in [7, 11) is 0. The van der Waals surface area contributed by atoms with Gasteiger partial charge in [-0.25, -0.2) is 0 Å². The van der Waals surface area contributed by atoms with Crippen LogP contribution in [-0.4, -0.2) is 23.5 Å². The molecule has 0 aromatic heterocycles. The third-order valence-corrected chi connectivity index (χ3v) is 5.76. The molecule has 2 aromatic carbocycles. The fraction of sp³-hybridized carbons (Fsp3) is 0.385. The zero-order valence-electron chi connectivity index (χ0n) is 18.0. The molecule has 0 N–H and O–H groups in total. The van der Waals surface area contributed by atoms with Gasteiger partial charge in [-0.2, -0.15) is 0 Å². The van der Waals surface area contributed by atoms with Crippen LogP contribution >= 0.6 is 0 Å². The Balaban J connectivity index is 1.37. The van der Waals surface area contributed by atoms with Gasteiger partial charge in [0.15, 0.2) is 17.5 Å². The van der Waals surface area contributed by atoms with Crippen molar-refractivity contribution in [2.45, 2.75) is 45.4 Å². The number of ether oxygens (including phenoxy) is 2. The van der Waals surface area contributed by atoms with E-state index < -0.39 is 17.9 Å². The normalized spacial score (nSPS) is 15.3. The maximum atomic E-state index is 12.7. The molecule has 0 unspecified atom stereocenters. The molecular formula is C26H26O6. The number of benzene rings is 2. The van der Waals surface area contributed by atoms with E-state index in [1.807, 2.05) is 6.92 Å². The highest BCUT2D eigenvalue weighted by Crippen LogP contribution is 2.34. The predicted octanol–water partition coefficient (Wildman–Crippen LogP) is 4.80. The third kappa shape index (κ3) is 5.31. The number of ketones is 2. The number of hydrogen-bond acceptors (Lipinski definition) is 6. The summed E-state index contributed by atoms with van der Waals surface area (Å²) in [6.07, 6.45) is 4.59. The van der Waals surface area contributed by atoms with Crippen LogP contribution in [0.3, 0.4) is 0 Å². The van der Waals surface area contributed by atoms with Crippen LogP contribution in [0.15, 0.2) is 48.5 Å². The van der Waals surface area contributed by atoms with Gasteiger partial charge in [-0.05, 0) is 80.6 Å². The Kier molecular flexibility index (Phi) is 6.49. The standard InChI is InChI=1S/C26H26O6/c1-2-3-22(25(29)31-20-12-8-18(9-13-20)23(27)16-4-5-16)26(30)32-21-14-10-19(11-15-21)24(28)17-6-7-17/h8-17,22H,2-7H2,1H3. The monoisotopic (exact) mass is 434 g/mol. The van der Waals surface area contributed by atoms with Gasteiger partial charge < -0.3 is 9.47 Å². The Morgan fingerprint density at radius 3 is 1.41 bits per heavy atom. The van der Waals surface area contributed by atoms with Crippen LogP contribution in [0, 0.1) is 17.8 Å². The van der Waals surface area contributed by atoms with Crippen LogP contribution in [-0.2, 0) is 9.59 Å². The molecule has 0 saturated heterocycles. The molecule has 166 valence electrons. The van der Waals surface area contributed by atoms with E-state index in [1.165, 1.54) is 0 Å². The first-order valence-electron chi connectivity index (χ1n) is 11.2. The molecule has 4 rings (SSSR count). The molecule has 0 bridgehead atoms. The van der Waals surface area contributed by atoms with Crippen molar-refractivity contribution >= 4 is 23.5 Å². The zero-order valence-corrected chi connectivity index (χ0v) is 18.0. The van der Waals surface area contributed by atoms with E-state index in [0.717, 1.165) is 25.7 Å². The first kappa shape index (κ1) is 21.9. The lowest BCUT2D eigenvalue weighted by Gasteiger charge is -2.14. The molecule has 6 heteroatoms. The molecule has 2 aromatic rings. The molecule has 0 amide bonds. The van der Waals surface area contributed by atoms with Gasteiger partial charge >= 0.3 is 11.9 Å². The number of carbonyl (C=O) groups excluding carboxylic acids is 4. The lowest BCUT2D eigenvalue weighted by molar-refractivity contribution is -0.151. The molecule has 0 radical (unpaired) electrons. The minimum absolute atomic E-state index is 0.111. The Morgan fingerprint density at radius 2 is 1.09 bits per heavy atom. The van der Waals surface area contributed by atoms with E-state index in [-0.39, 0.29) is 41.3 Å². The Bertz CT molecular complexity index is 932. The van der Waals surface area contributed by atoms with E-state index in [2.05, 4.69) is 0 Å². The SMILES string of the molecule is CCCC(C(=O)Oc1ccc(C(=O)C2CC2)cc1)C(=O)Oc1ccc(C(=O)C2CC2)cc1. The third-order valence-electron chi connectivity index (χ3n) is 5.76. The van der Waals surface area contributed by atoms with Crippen molar-refractivity contribution in [3.05, 3.63) is 59.7 Å². The number of rotatable bonds is 10. The minimum Gasteiger partial charge on any atom is -0.426 e. The maximum absolute atomic E-state index is 12.7. The largest absolute Gasteiger partial charge is 0.426 e. The van der Waals surface area contributed by atoms with Gasteiger partial charge in [0, 0.05) is 23.0 Å². The number of esters is 2. The molecule has 2 aliphatic rings. The van der Waals surface area contributed by atoms with Gasteiger partial charge in [0.05, 0.1) is 0 Å². The molecule has 0 spiro atoms. The summed E-state index contributed by atoms with van der Waals surface area (Å²) in [6, 6.07) is 12.8. The van der Waals surface area contributed by atoms with Crippen molar-refractivity contribution in [2.75, 3.05) is 0 Å². The van der Waals surface area contributed by atoms with Crippen molar-refractivity contribution in [3.63, 3.8) is 0 Å². The van der Waals surface area contributed by atoms with Gasteiger partial charge in [0.2, 0.25) is 0 Å². The fourth-order valence-corrected chi connectivity index (χ4v) is 3.53. The predicted molar refractivity (Wildman–Crippen MR) is 117 cm³/mol. The number of carbonyl (C=O) groups is 4. The lowest BCUT2D eigenvalue weighted by Crippen LogP contribution is -2.31. The molecule has 0 aliphatic heterocycles. The second-order valence-electron chi connectivity index (χ2n) is 8.51. The Hall–Kier alpha value is -3.28. The molecule has 6 nitrogen and oxygen atoms in total. The highest BCUT2D eigenvalue weighted by Gasteiger charge is 2.32. The molecule has 2 aliphatic carbocycles. The summed E-state index contributed by atoms with van der Waals surface area (Å²) in [4.78, 5) is 49.5. The summed E-state index contributed by atoms with van der Waals surface area (Å²) in [5.41, 5.74) is 1.20. The maximum Gasteiger partial charge on any atom is 0.325 e. The van der Waals surface area contributed by atoms with Crippen LogP contribution < -0.4 is 9.47 Å². The van der Waals surface area contributed by atoms with Crippen LogP contribution in [0.1, 0.15) is 66.2 Å². The number of hydrogen-bond donors (Lipinski definition) is 0. The number of Topliss-reactive ketones (excluding diaryl/α,β-unsaturated/α-hetero) is 2. The van der Waals surface area contributed by atoms with Gasteiger partial charge in [-0.1, -0.05) is 13.3 Å². The smallest absolute Gasteiger partial charge is 0.325 e. The topological polar surface area (TPSA) is 86.7 Å². The van der Waals surface area contributed by atoms with Gasteiger partial charge in [-0.15, -0.1) is 0 Å². The molecular weight excluding hydrogens is 408 g/mol. The Labute approximate surface area is 186 Å². The first-order chi connectivity index (χ1) is 15.5. The van der Waals surface area contributed by atoms with Crippen LogP contribution in [0.5, 0.6) is 11.5 Å². The molecule has 32 heavy (non-hydrogen) atoms. The average Bonchev–Trinajstić information content (AvgIpc) is 3.70. The van der Waals surface area contributed by atoms with Gasteiger partial charge in [0.1, 0.15) is 11.5 Å². The van der Waals surface area contributed by atoms with Crippen molar-refractivity contribution in [1.82, 2.24) is 0 Å². The fourth-order valence-electron chi connectivity index (χ4n) is 3.53. The van der Waals surface area contributed by atoms with E-state index in [9.17, 15) is 19.2 Å². The van der Waals surface area contributed by atoms with E-state index in [4.69, 9.17) is 9.47 Å². The average molecular weight is 434 g/mol. The second-order valence-corrected chi connectivity index (χ2v) is 8.51. The van der Waals surface area contributed by atoms with Gasteiger partial charge in [-0.3, -0.25) is 19.2 Å². The van der Waals surface area contributed by atoms with Crippen LogP contribution in [0.4, 0.5) is 0 Å². The molecule has 0 atom stereocenters. The minimum atomic E-state index is -1.07. The van der Waals surface area contributed by atoms with E-state index >= 15 is 0 Å². The van der Waals surface area contributed by atoms with Crippen molar-refractivity contribution in [2.24, 2.45) is 17.8 Å². The highest BCUT2D eigenvalue weighted by atomic mass is 16.6. The quantitative estimate of drug-likeness (QED) is 0.231. The van der Waals surface area contributed by atoms with E-state index in [1.54, 1.807) is 48.5 Å². The van der Waals surface area contributed by atoms with Crippen molar-refractivity contribution in [1.29, 1.82) is 0 Å². The van der Waals surface area contributed by atoms with Crippen LogP contribution in [0.2, 0.25) is 0 Å². The van der Waals surface area contributed by atoms with Gasteiger partial charge in [0.25, 0.3) is 0 Å². The summed E-state index contributed by atoms with van der Waals surface area (Å²) < 4.78 is 10.8. The lowest BCUT2D eigenvalue weighted by atomic mass is 10.0. The van der Waals surface area contributed by atoms with Crippen molar-refractivity contribution < 1.29 is 28.7 Å². The molecule has 2 fully saturated rings. The summed E-state index contributed by atoms with van der Waals surface area (Å²) >= 11 is 0.